The van der Waals surface area contributed by atoms with Crippen LogP contribution in [0.15, 0.2) is 47.7 Å². The molecule has 1 fully saturated rings. The smallest absolute Gasteiger partial charge is 0.159 e. The van der Waals surface area contributed by atoms with Crippen molar-refractivity contribution in [2.45, 2.75) is 6.92 Å². The highest BCUT2D eigenvalue weighted by Gasteiger charge is 2.16. The maximum atomic E-state index is 5.44. The van der Waals surface area contributed by atoms with E-state index in [9.17, 15) is 0 Å². The van der Waals surface area contributed by atoms with Gasteiger partial charge < -0.3 is 9.64 Å². The van der Waals surface area contributed by atoms with E-state index in [1.165, 1.54) is 5.56 Å². The maximum Gasteiger partial charge on any atom is 0.159 e. The number of nitrogens with zero attached hydrogens (tertiary/aromatic N) is 5. The van der Waals surface area contributed by atoms with Crippen LogP contribution < -0.4 is 10.3 Å². The van der Waals surface area contributed by atoms with E-state index in [1.807, 2.05) is 28.8 Å². The number of morpholine rings is 1. The van der Waals surface area contributed by atoms with E-state index in [0.717, 1.165) is 43.3 Å². The lowest BCUT2D eigenvalue weighted by atomic mass is 10.2. The predicted molar refractivity (Wildman–Crippen MR) is 98.4 cm³/mol. The fourth-order valence-corrected chi connectivity index (χ4v) is 2.90. The van der Waals surface area contributed by atoms with Crippen LogP contribution in [0.4, 0.5) is 11.6 Å². The number of aromatic nitrogens is 3. The third-order valence-electron chi connectivity index (χ3n) is 4.11. The molecule has 0 aliphatic carbocycles. The fraction of sp³-hybridized carbons (Fsp3) is 0.278. The van der Waals surface area contributed by atoms with Crippen LogP contribution in [-0.2, 0) is 4.74 Å². The normalized spacial score (nSPS) is 15.2. The SMILES string of the molecule is Cc1cccc(/C=N/Nc2cc(N3CCOCC3)n3nccc3n2)c1. The van der Waals surface area contributed by atoms with E-state index >= 15 is 0 Å². The Morgan fingerprint density at radius 3 is 2.92 bits per heavy atom. The van der Waals surface area contributed by atoms with Gasteiger partial charge in [0, 0.05) is 25.2 Å². The maximum absolute atomic E-state index is 5.44. The van der Waals surface area contributed by atoms with Crippen molar-refractivity contribution in [3.05, 3.63) is 53.7 Å². The number of rotatable bonds is 4. The van der Waals surface area contributed by atoms with Crippen LogP contribution in [0.25, 0.3) is 5.65 Å². The Balaban J connectivity index is 1.59. The zero-order valence-electron chi connectivity index (χ0n) is 14.1. The molecule has 2 aromatic heterocycles. The lowest BCUT2D eigenvalue weighted by Crippen LogP contribution is -2.37. The summed E-state index contributed by atoms with van der Waals surface area (Å²) in [5.74, 6) is 1.69. The third kappa shape index (κ3) is 3.46. The summed E-state index contributed by atoms with van der Waals surface area (Å²) < 4.78 is 7.29. The molecule has 3 heterocycles. The first-order chi connectivity index (χ1) is 12.3. The topological polar surface area (TPSA) is 67.0 Å². The minimum absolute atomic E-state index is 0.693. The summed E-state index contributed by atoms with van der Waals surface area (Å²) in [6.45, 7) is 5.18. The minimum Gasteiger partial charge on any atom is -0.378 e. The zero-order valence-corrected chi connectivity index (χ0v) is 14.1. The van der Waals surface area contributed by atoms with E-state index in [2.05, 4.69) is 44.6 Å². The monoisotopic (exact) mass is 336 g/mol. The van der Waals surface area contributed by atoms with Gasteiger partial charge in [0.25, 0.3) is 0 Å². The van der Waals surface area contributed by atoms with Crippen LogP contribution in [0, 0.1) is 6.92 Å². The molecular weight excluding hydrogens is 316 g/mol. The molecule has 1 aromatic carbocycles. The Morgan fingerprint density at radius 1 is 1.20 bits per heavy atom. The van der Waals surface area contributed by atoms with Gasteiger partial charge in [-0.15, -0.1) is 0 Å². The van der Waals surface area contributed by atoms with E-state index in [1.54, 1.807) is 12.4 Å². The summed E-state index contributed by atoms with van der Waals surface area (Å²) in [4.78, 5) is 6.81. The minimum atomic E-state index is 0.693. The fourth-order valence-electron chi connectivity index (χ4n) is 2.90. The summed E-state index contributed by atoms with van der Waals surface area (Å²) >= 11 is 0. The van der Waals surface area contributed by atoms with Gasteiger partial charge in [0.15, 0.2) is 11.5 Å². The summed E-state index contributed by atoms with van der Waals surface area (Å²) in [6, 6.07) is 12.0. The van der Waals surface area contributed by atoms with Crippen molar-refractivity contribution in [2.75, 3.05) is 36.6 Å². The molecule has 0 saturated carbocycles. The number of hydrazone groups is 1. The van der Waals surface area contributed by atoms with E-state index in [0.29, 0.717) is 5.82 Å². The summed E-state index contributed by atoms with van der Waals surface area (Å²) in [5, 5.41) is 8.70. The molecule has 0 unspecified atom stereocenters. The molecule has 4 rings (SSSR count). The molecule has 1 N–H and O–H groups in total. The molecule has 0 bridgehead atoms. The van der Waals surface area contributed by atoms with Gasteiger partial charge in [0.1, 0.15) is 5.82 Å². The highest BCUT2D eigenvalue weighted by atomic mass is 16.5. The average Bonchev–Trinajstić information content (AvgIpc) is 3.10. The number of fused-ring (bicyclic) bond motifs is 1. The average molecular weight is 336 g/mol. The van der Waals surface area contributed by atoms with Crippen molar-refractivity contribution in [3.8, 4) is 0 Å². The van der Waals surface area contributed by atoms with Crippen molar-refractivity contribution in [3.63, 3.8) is 0 Å². The molecule has 1 aliphatic heterocycles. The predicted octanol–water partition coefficient (Wildman–Crippen LogP) is 2.32. The molecule has 0 radical (unpaired) electrons. The van der Waals surface area contributed by atoms with Gasteiger partial charge in [-0.05, 0) is 12.5 Å². The second-order valence-corrected chi connectivity index (χ2v) is 5.98. The largest absolute Gasteiger partial charge is 0.378 e. The number of aryl methyl sites for hydroxylation is 1. The summed E-state index contributed by atoms with van der Waals surface area (Å²) in [7, 11) is 0. The van der Waals surface area contributed by atoms with Crippen LogP contribution in [0.5, 0.6) is 0 Å². The molecule has 7 heteroatoms. The lowest BCUT2D eigenvalue weighted by Gasteiger charge is -2.29. The van der Waals surface area contributed by atoms with Crippen molar-refractivity contribution in [2.24, 2.45) is 5.10 Å². The Hall–Kier alpha value is -2.93. The van der Waals surface area contributed by atoms with Crippen molar-refractivity contribution >= 4 is 23.5 Å². The molecule has 1 aliphatic rings. The van der Waals surface area contributed by atoms with E-state index < -0.39 is 0 Å². The van der Waals surface area contributed by atoms with Gasteiger partial charge in [-0.2, -0.15) is 14.7 Å². The first-order valence-corrected chi connectivity index (χ1v) is 8.33. The quantitative estimate of drug-likeness (QED) is 0.585. The second-order valence-electron chi connectivity index (χ2n) is 5.98. The first kappa shape index (κ1) is 15.6. The second kappa shape index (κ2) is 6.90. The van der Waals surface area contributed by atoms with Gasteiger partial charge >= 0.3 is 0 Å². The van der Waals surface area contributed by atoms with E-state index in [4.69, 9.17) is 4.74 Å². The molecule has 3 aromatic rings. The van der Waals surface area contributed by atoms with Crippen LogP contribution in [0.3, 0.4) is 0 Å². The first-order valence-electron chi connectivity index (χ1n) is 8.33. The standard InChI is InChI=1S/C18H20N6O/c1-14-3-2-4-15(11-14)13-19-22-16-12-18(23-7-9-25-10-8-23)24-17(21-16)5-6-20-24/h2-6,11-13H,7-10H2,1H3,(H,21,22)/b19-13+. The van der Waals surface area contributed by atoms with Gasteiger partial charge in [-0.3, -0.25) is 5.43 Å². The Morgan fingerprint density at radius 2 is 2.08 bits per heavy atom. The summed E-state index contributed by atoms with van der Waals surface area (Å²) in [6.07, 6.45) is 3.55. The Kier molecular flexibility index (Phi) is 4.30. The summed E-state index contributed by atoms with van der Waals surface area (Å²) in [5.41, 5.74) is 6.08. The molecule has 128 valence electrons. The van der Waals surface area contributed by atoms with Crippen molar-refractivity contribution in [1.82, 2.24) is 14.6 Å². The molecule has 0 amide bonds. The molecule has 7 nitrogen and oxygen atoms in total. The van der Waals surface area contributed by atoms with Crippen LogP contribution >= 0.6 is 0 Å². The van der Waals surface area contributed by atoms with Crippen LogP contribution in [0.1, 0.15) is 11.1 Å². The highest BCUT2D eigenvalue weighted by Crippen LogP contribution is 2.20. The Labute approximate surface area is 145 Å². The van der Waals surface area contributed by atoms with Gasteiger partial charge in [0.2, 0.25) is 0 Å². The van der Waals surface area contributed by atoms with Gasteiger partial charge in [0.05, 0.1) is 25.6 Å². The number of anilines is 2. The number of benzene rings is 1. The third-order valence-corrected chi connectivity index (χ3v) is 4.11. The van der Waals surface area contributed by atoms with Crippen molar-refractivity contribution in [1.29, 1.82) is 0 Å². The zero-order chi connectivity index (χ0) is 17.1. The van der Waals surface area contributed by atoms with Crippen LogP contribution in [0.2, 0.25) is 0 Å². The van der Waals surface area contributed by atoms with Gasteiger partial charge in [-0.25, -0.2) is 4.98 Å². The number of hydrogen-bond acceptors (Lipinski definition) is 6. The molecular formula is C18H20N6O. The number of nitrogens with one attached hydrogen (secondary N) is 1. The van der Waals surface area contributed by atoms with Gasteiger partial charge in [-0.1, -0.05) is 29.8 Å². The van der Waals surface area contributed by atoms with E-state index in [-0.39, 0.29) is 0 Å². The molecule has 1 saturated heterocycles. The Bertz CT molecular complexity index is 897. The molecule has 0 spiro atoms. The van der Waals surface area contributed by atoms with Crippen molar-refractivity contribution < 1.29 is 4.74 Å². The lowest BCUT2D eigenvalue weighted by molar-refractivity contribution is 0.122. The highest BCUT2D eigenvalue weighted by molar-refractivity contribution is 5.80. The molecule has 0 atom stereocenters. The number of ether oxygens (including phenoxy) is 1. The van der Waals surface area contributed by atoms with Crippen LogP contribution in [-0.4, -0.2) is 47.1 Å². The molecule has 25 heavy (non-hydrogen) atoms. The number of hydrogen-bond donors (Lipinski definition) is 1.